The first-order chi connectivity index (χ1) is 16.8. The molecule has 0 saturated heterocycles. The minimum absolute atomic E-state index is 0.0604. The van der Waals surface area contributed by atoms with E-state index in [1.807, 2.05) is 32.9 Å². The van der Waals surface area contributed by atoms with E-state index in [0.29, 0.717) is 27.6 Å². The zero-order valence-corrected chi connectivity index (χ0v) is 19.4. The van der Waals surface area contributed by atoms with Gasteiger partial charge in [0.15, 0.2) is 11.2 Å². The molecule has 3 aromatic carbocycles. The summed E-state index contributed by atoms with van der Waals surface area (Å²) in [5.41, 5.74) is 4.16. The number of hydrogen-bond donors (Lipinski definition) is 2. The van der Waals surface area contributed by atoms with Gasteiger partial charge in [0.05, 0.1) is 5.39 Å². The number of carbonyl (C=O) groups excluding carboxylic acids is 2. The highest BCUT2D eigenvalue weighted by molar-refractivity contribution is 6.16. The van der Waals surface area contributed by atoms with Crippen LogP contribution in [-0.2, 0) is 0 Å². The Kier molecular flexibility index (Phi) is 5.45. The van der Waals surface area contributed by atoms with Gasteiger partial charge in [-0.05, 0) is 68.3 Å². The van der Waals surface area contributed by atoms with Crippen LogP contribution in [0.15, 0.2) is 80.4 Å². The standard InChI is InChI=1S/C28H22N2O5/c1-15-8-10-18(11-9-15)29-28(33)26-25(19-6-4-5-7-22(19)35-26)30-27(32)24-14-21(31)20-12-16(2)17(3)13-23(20)34-24/h4-14H,1-3H3,(H,29,33)(H,30,32). The molecular weight excluding hydrogens is 444 g/mol. The van der Waals surface area contributed by atoms with Gasteiger partial charge in [-0.25, -0.2) is 0 Å². The van der Waals surface area contributed by atoms with Crippen molar-refractivity contribution in [3.05, 3.63) is 105 Å². The van der Waals surface area contributed by atoms with E-state index < -0.39 is 11.8 Å². The number of benzene rings is 3. The first-order valence-corrected chi connectivity index (χ1v) is 11.1. The van der Waals surface area contributed by atoms with E-state index in [9.17, 15) is 14.4 Å². The van der Waals surface area contributed by atoms with Crippen molar-refractivity contribution in [1.29, 1.82) is 0 Å². The van der Waals surface area contributed by atoms with Crippen molar-refractivity contribution >= 4 is 45.1 Å². The highest BCUT2D eigenvalue weighted by atomic mass is 16.4. The fourth-order valence-corrected chi connectivity index (χ4v) is 3.85. The molecule has 5 aromatic rings. The summed E-state index contributed by atoms with van der Waals surface area (Å²) >= 11 is 0. The number of carbonyl (C=O) groups is 2. The molecule has 5 rings (SSSR count). The second kappa shape index (κ2) is 8.61. The summed E-state index contributed by atoms with van der Waals surface area (Å²) in [6, 6.07) is 18.9. The summed E-state index contributed by atoms with van der Waals surface area (Å²) < 4.78 is 11.6. The lowest BCUT2D eigenvalue weighted by molar-refractivity contribution is 0.0996. The number of nitrogens with one attached hydrogen (secondary N) is 2. The molecule has 0 unspecified atom stereocenters. The molecule has 0 bridgehead atoms. The van der Waals surface area contributed by atoms with Gasteiger partial charge >= 0.3 is 0 Å². The molecule has 2 heterocycles. The van der Waals surface area contributed by atoms with Crippen molar-refractivity contribution in [2.45, 2.75) is 20.8 Å². The summed E-state index contributed by atoms with van der Waals surface area (Å²) in [4.78, 5) is 38.9. The third kappa shape index (κ3) is 4.19. The summed E-state index contributed by atoms with van der Waals surface area (Å²) in [5, 5.41) is 6.45. The van der Waals surface area contributed by atoms with Crippen molar-refractivity contribution in [2.24, 2.45) is 0 Å². The molecule has 0 fully saturated rings. The van der Waals surface area contributed by atoms with Crippen molar-refractivity contribution in [3.8, 4) is 0 Å². The maximum Gasteiger partial charge on any atom is 0.293 e. The third-order valence-corrected chi connectivity index (χ3v) is 5.92. The van der Waals surface area contributed by atoms with E-state index in [4.69, 9.17) is 8.83 Å². The molecule has 0 aliphatic rings. The highest BCUT2D eigenvalue weighted by Gasteiger charge is 2.24. The Morgan fingerprint density at radius 2 is 1.43 bits per heavy atom. The minimum Gasteiger partial charge on any atom is -0.451 e. The fourth-order valence-electron chi connectivity index (χ4n) is 3.85. The van der Waals surface area contributed by atoms with Crippen LogP contribution in [0.1, 0.15) is 37.8 Å². The van der Waals surface area contributed by atoms with Crippen LogP contribution in [0.4, 0.5) is 11.4 Å². The predicted molar refractivity (Wildman–Crippen MR) is 135 cm³/mol. The van der Waals surface area contributed by atoms with Crippen molar-refractivity contribution < 1.29 is 18.4 Å². The molecular formula is C28H22N2O5. The Morgan fingerprint density at radius 3 is 2.20 bits per heavy atom. The number of anilines is 2. The second-order valence-corrected chi connectivity index (χ2v) is 8.48. The molecule has 2 amide bonds. The van der Waals surface area contributed by atoms with Gasteiger partial charge in [0.25, 0.3) is 11.8 Å². The minimum atomic E-state index is -0.668. The Hall–Kier alpha value is -4.65. The van der Waals surface area contributed by atoms with Crippen LogP contribution in [-0.4, -0.2) is 11.8 Å². The molecule has 0 aliphatic heterocycles. The first-order valence-electron chi connectivity index (χ1n) is 11.1. The molecule has 7 nitrogen and oxygen atoms in total. The average molecular weight is 466 g/mol. The molecule has 7 heteroatoms. The lowest BCUT2D eigenvalue weighted by Gasteiger charge is -2.08. The molecule has 174 valence electrons. The van der Waals surface area contributed by atoms with Crippen LogP contribution in [0.5, 0.6) is 0 Å². The van der Waals surface area contributed by atoms with Crippen LogP contribution in [0.3, 0.4) is 0 Å². The number of aryl methyl sites for hydroxylation is 3. The SMILES string of the molecule is Cc1ccc(NC(=O)c2oc3ccccc3c2NC(=O)c2cc(=O)c3cc(C)c(C)cc3o2)cc1. The monoisotopic (exact) mass is 466 g/mol. The molecule has 35 heavy (non-hydrogen) atoms. The topological polar surface area (TPSA) is 102 Å². The number of furan rings is 1. The normalized spacial score (nSPS) is 11.1. The van der Waals surface area contributed by atoms with Crippen LogP contribution in [0.25, 0.3) is 21.9 Å². The van der Waals surface area contributed by atoms with E-state index in [1.165, 1.54) is 0 Å². The van der Waals surface area contributed by atoms with Gasteiger partial charge in [0.2, 0.25) is 5.76 Å². The smallest absolute Gasteiger partial charge is 0.293 e. The van der Waals surface area contributed by atoms with E-state index in [2.05, 4.69) is 10.6 Å². The molecule has 0 saturated carbocycles. The molecule has 0 aliphatic carbocycles. The number of rotatable bonds is 4. The fraction of sp³-hybridized carbons (Fsp3) is 0.107. The third-order valence-electron chi connectivity index (χ3n) is 5.92. The van der Waals surface area contributed by atoms with Gasteiger partial charge in [-0.2, -0.15) is 0 Å². The summed E-state index contributed by atoms with van der Waals surface area (Å²) in [6.07, 6.45) is 0. The van der Waals surface area contributed by atoms with E-state index in [1.54, 1.807) is 48.5 Å². The van der Waals surface area contributed by atoms with Gasteiger partial charge in [-0.3, -0.25) is 14.4 Å². The zero-order chi connectivity index (χ0) is 24.7. The first kappa shape index (κ1) is 22.2. The van der Waals surface area contributed by atoms with Gasteiger partial charge in [-0.1, -0.05) is 29.8 Å². The predicted octanol–water partition coefficient (Wildman–Crippen LogP) is 5.97. The van der Waals surface area contributed by atoms with Gasteiger partial charge in [0.1, 0.15) is 16.9 Å². The van der Waals surface area contributed by atoms with E-state index >= 15 is 0 Å². The van der Waals surface area contributed by atoms with Gasteiger partial charge in [-0.15, -0.1) is 0 Å². The van der Waals surface area contributed by atoms with Crippen LogP contribution in [0.2, 0.25) is 0 Å². The number of amides is 2. The Balaban J connectivity index is 1.53. The maximum absolute atomic E-state index is 13.2. The molecule has 2 aromatic heterocycles. The lowest BCUT2D eigenvalue weighted by Crippen LogP contribution is -2.18. The highest BCUT2D eigenvalue weighted by Crippen LogP contribution is 2.32. The zero-order valence-electron chi connectivity index (χ0n) is 19.4. The van der Waals surface area contributed by atoms with Crippen molar-refractivity contribution in [3.63, 3.8) is 0 Å². The van der Waals surface area contributed by atoms with E-state index in [-0.39, 0.29) is 22.6 Å². The summed E-state index contributed by atoms with van der Waals surface area (Å²) in [7, 11) is 0. The van der Waals surface area contributed by atoms with Gasteiger partial charge < -0.3 is 19.5 Å². The maximum atomic E-state index is 13.2. The largest absolute Gasteiger partial charge is 0.451 e. The Morgan fingerprint density at radius 1 is 0.714 bits per heavy atom. The Bertz CT molecular complexity index is 1680. The van der Waals surface area contributed by atoms with Crippen LogP contribution >= 0.6 is 0 Å². The Labute approximate surface area is 200 Å². The average Bonchev–Trinajstić information content (AvgIpc) is 3.20. The van der Waals surface area contributed by atoms with Crippen LogP contribution in [0, 0.1) is 20.8 Å². The van der Waals surface area contributed by atoms with E-state index in [0.717, 1.165) is 22.8 Å². The molecule has 0 atom stereocenters. The summed E-state index contributed by atoms with van der Waals surface area (Å²) in [6.45, 7) is 5.76. The molecule has 0 spiro atoms. The van der Waals surface area contributed by atoms with Crippen molar-refractivity contribution in [2.75, 3.05) is 10.6 Å². The molecule has 2 N–H and O–H groups in total. The summed E-state index contributed by atoms with van der Waals surface area (Å²) in [5.74, 6) is -1.42. The number of fused-ring (bicyclic) bond motifs is 2. The van der Waals surface area contributed by atoms with Crippen LogP contribution < -0.4 is 16.1 Å². The lowest BCUT2D eigenvalue weighted by atomic mass is 10.1. The van der Waals surface area contributed by atoms with Gasteiger partial charge in [0, 0.05) is 17.1 Å². The second-order valence-electron chi connectivity index (χ2n) is 8.48. The molecule has 0 radical (unpaired) electrons. The number of para-hydroxylation sites is 1. The number of hydrogen-bond acceptors (Lipinski definition) is 5. The van der Waals surface area contributed by atoms with Crippen molar-refractivity contribution in [1.82, 2.24) is 0 Å². The quantitative estimate of drug-likeness (QED) is 0.340.